The molecule has 3 heteroatoms. The van der Waals surface area contributed by atoms with Crippen LogP contribution >= 0.6 is 0 Å². The third-order valence-electron chi connectivity index (χ3n) is 2.96. The van der Waals surface area contributed by atoms with Gasteiger partial charge in [-0.3, -0.25) is 9.97 Å². The van der Waals surface area contributed by atoms with Gasteiger partial charge in [0.2, 0.25) is 0 Å². The average molecular weight is 227 g/mol. The summed E-state index contributed by atoms with van der Waals surface area (Å²) in [7, 11) is 0. The van der Waals surface area contributed by atoms with E-state index in [2.05, 4.69) is 16.0 Å². The van der Waals surface area contributed by atoms with Gasteiger partial charge in [0.15, 0.2) is 0 Å². The summed E-state index contributed by atoms with van der Waals surface area (Å²) in [6.07, 6.45) is 5.45. The van der Waals surface area contributed by atoms with Crippen molar-refractivity contribution in [2.75, 3.05) is 0 Å². The number of nitrogens with two attached hydrogens (primary N) is 1. The zero-order chi connectivity index (χ0) is 12.4. The normalized spacial score (nSPS) is 12.5. The summed E-state index contributed by atoms with van der Waals surface area (Å²) in [6.45, 7) is 6.12. The Hall–Kier alpha value is -1.74. The Morgan fingerprint density at radius 3 is 2.53 bits per heavy atom. The maximum atomic E-state index is 6.27. The van der Waals surface area contributed by atoms with Crippen LogP contribution in [-0.2, 0) is 0 Å². The molecule has 0 saturated carbocycles. The predicted octanol–water partition coefficient (Wildman–Crippen LogP) is 2.45. The predicted molar refractivity (Wildman–Crippen MR) is 68.7 cm³/mol. The minimum absolute atomic E-state index is 0.204. The minimum Gasteiger partial charge on any atom is -0.319 e. The lowest BCUT2D eigenvalue weighted by molar-refractivity contribution is 0.802. The van der Waals surface area contributed by atoms with E-state index >= 15 is 0 Å². The van der Waals surface area contributed by atoms with Gasteiger partial charge in [0, 0.05) is 18.6 Å². The third kappa shape index (κ3) is 2.34. The highest BCUT2D eigenvalue weighted by molar-refractivity contribution is 5.35. The van der Waals surface area contributed by atoms with E-state index in [1.54, 1.807) is 6.20 Å². The summed E-state index contributed by atoms with van der Waals surface area (Å²) < 4.78 is 0. The molecule has 17 heavy (non-hydrogen) atoms. The van der Waals surface area contributed by atoms with E-state index in [-0.39, 0.29) is 6.04 Å². The number of pyridine rings is 2. The van der Waals surface area contributed by atoms with Crippen LogP contribution in [0.5, 0.6) is 0 Å². The number of hydrogen-bond donors (Lipinski definition) is 1. The number of rotatable bonds is 2. The fourth-order valence-electron chi connectivity index (χ4n) is 2.00. The average Bonchev–Trinajstić information content (AvgIpc) is 2.29. The molecule has 2 rings (SSSR count). The molecule has 88 valence electrons. The van der Waals surface area contributed by atoms with Crippen LogP contribution in [0.4, 0.5) is 0 Å². The van der Waals surface area contributed by atoms with Gasteiger partial charge in [-0.1, -0.05) is 6.07 Å². The molecule has 0 amide bonds. The largest absolute Gasteiger partial charge is 0.319 e. The first-order valence-electron chi connectivity index (χ1n) is 5.69. The summed E-state index contributed by atoms with van der Waals surface area (Å²) in [5.41, 5.74) is 11.6. The Bertz CT molecular complexity index is 535. The van der Waals surface area contributed by atoms with Gasteiger partial charge in [0.1, 0.15) is 0 Å². The first-order valence-corrected chi connectivity index (χ1v) is 5.69. The molecule has 0 saturated heterocycles. The Balaban J connectivity index is 2.44. The molecule has 1 unspecified atom stereocenters. The molecule has 0 aliphatic carbocycles. The number of hydrogen-bond acceptors (Lipinski definition) is 3. The maximum absolute atomic E-state index is 6.27. The molecule has 0 bridgehead atoms. The Labute approximate surface area is 102 Å². The van der Waals surface area contributed by atoms with Gasteiger partial charge in [-0.05, 0) is 49.1 Å². The Morgan fingerprint density at radius 1 is 1.12 bits per heavy atom. The van der Waals surface area contributed by atoms with Crippen LogP contribution in [0.15, 0.2) is 30.7 Å². The Morgan fingerprint density at radius 2 is 1.88 bits per heavy atom. The lowest BCUT2D eigenvalue weighted by atomic mass is 9.98. The van der Waals surface area contributed by atoms with E-state index in [0.29, 0.717) is 0 Å². The van der Waals surface area contributed by atoms with Crippen molar-refractivity contribution in [3.8, 4) is 0 Å². The van der Waals surface area contributed by atoms with Crippen molar-refractivity contribution in [2.24, 2.45) is 5.73 Å². The zero-order valence-corrected chi connectivity index (χ0v) is 10.4. The smallest absolute Gasteiger partial charge is 0.0746 e. The summed E-state index contributed by atoms with van der Waals surface area (Å²) in [5, 5.41) is 0. The van der Waals surface area contributed by atoms with Crippen LogP contribution in [0.25, 0.3) is 0 Å². The molecule has 0 spiro atoms. The third-order valence-corrected chi connectivity index (χ3v) is 2.96. The standard InChI is InChI=1S/C14H17N3/c1-9-6-11(3)14(17-7-9)13(15)12-8-16-5-4-10(12)2/h4-8,13H,15H2,1-3H3. The molecule has 2 aromatic rings. The number of aryl methyl sites for hydroxylation is 3. The molecule has 0 fully saturated rings. The van der Waals surface area contributed by atoms with Crippen molar-refractivity contribution in [3.05, 3.63) is 58.7 Å². The van der Waals surface area contributed by atoms with Crippen LogP contribution in [0, 0.1) is 20.8 Å². The van der Waals surface area contributed by atoms with Crippen molar-refractivity contribution in [1.29, 1.82) is 0 Å². The second-order valence-corrected chi connectivity index (χ2v) is 4.42. The van der Waals surface area contributed by atoms with Gasteiger partial charge in [-0.25, -0.2) is 0 Å². The molecular weight excluding hydrogens is 210 g/mol. The summed E-state index contributed by atoms with van der Waals surface area (Å²) in [4.78, 5) is 8.57. The van der Waals surface area contributed by atoms with Crippen molar-refractivity contribution < 1.29 is 0 Å². The van der Waals surface area contributed by atoms with E-state index < -0.39 is 0 Å². The second kappa shape index (κ2) is 4.63. The molecule has 0 aliphatic heterocycles. The van der Waals surface area contributed by atoms with Crippen molar-refractivity contribution in [3.63, 3.8) is 0 Å². The lowest BCUT2D eigenvalue weighted by Crippen LogP contribution is -2.16. The fourth-order valence-corrected chi connectivity index (χ4v) is 2.00. The van der Waals surface area contributed by atoms with Gasteiger partial charge in [0.05, 0.1) is 11.7 Å². The summed E-state index contributed by atoms with van der Waals surface area (Å²) in [6, 6.07) is 3.87. The molecule has 2 heterocycles. The van der Waals surface area contributed by atoms with Crippen LogP contribution in [-0.4, -0.2) is 9.97 Å². The molecule has 2 N–H and O–H groups in total. The van der Waals surface area contributed by atoms with E-state index in [9.17, 15) is 0 Å². The molecule has 0 radical (unpaired) electrons. The van der Waals surface area contributed by atoms with Crippen LogP contribution in [0.2, 0.25) is 0 Å². The highest BCUT2D eigenvalue weighted by atomic mass is 14.8. The highest BCUT2D eigenvalue weighted by Crippen LogP contribution is 2.22. The molecule has 1 atom stereocenters. The van der Waals surface area contributed by atoms with Gasteiger partial charge < -0.3 is 5.73 Å². The number of aromatic nitrogens is 2. The van der Waals surface area contributed by atoms with E-state index in [1.165, 1.54) is 0 Å². The monoisotopic (exact) mass is 227 g/mol. The quantitative estimate of drug-likeness (QED) is 0.857. The van der Waals surface area contributed by atoms with E-state index in [1.807, 2.05) is 39.2 Å². The molecular formula is C14H17N3. The van der Waals surface area contributed by atoms with Crippen LogP contribution in [0.1, 0.15) is 34.0 Å². The molecule has 3 nitrogen and oxygen atoms in total. The summed E-state index contributed by atoms with van der Waals surface area (Å²) >= 11 is 0. The van der Waals surface area contributed by atoms with Gasteiger partial charge in [-0.2, -0.15) is 0 Å². The second-order valence-electron chi connectivity index (χ2n) is 4.42. The maximum Gasteiger partial charge on any atom is 0.0746 e. The first kappa shape index (κ1) is 11.7. The molecule has 0 aromatic carbocycles. The first-order chi connectivity index (χ1) is 8.09. The van der Waals surface area contributed by atoms with Gasteiger partial charge in [0.25, 0.3) is 0 Å². The van der Waals surface area contributed by atoms with Gasteiger partial charge >= 0.3 is 0 Å². The van der Waals surface area contributed by atoms with Crippen molar-refractivity contribution in [2.45, 2.75) is 26.8 Å². The Kier molecular flexibility index (Phi) is 3.20. The molecule has 2 aromatic heterocycles. The topological polar surface area (TPSA) is 51.8 Å². The van der Waals surface area contributed by atoms with Crippen molar-refractivity contribution in [1.82, 2.24) is 9.97 Å². The lowest BCUT2D eigenvalue weighted by Gasteiger charge is -2.16. The molecule has 0 aliphatic rings. The highest BCUT2D eigenvalue weighted by Gasteiger charge is 2.15. The fraction of sp³-hybridized carbons (Fsp3) is 0.286. The SMILES string of the molecule is Cc1cnc(C(N)c2cnccc2C)c(C)c1. The minimum atomic E-state index is -0.204. The van der Waals surface area contributed by atoms with Crippen molar-refractivity contribution >= 4 is 0 Å². The van der Waals surface area contributed by atoms with E-state index in [4.69, 9.17) is 5.73 Å². The van der Waals surface area contributed by atoms with E-state index in [0.717, 1.165) is 27.9 Å². The van der Waals surface area contributed by atoms with Gasteiger partial charge in [-0.15, -0.1) is 0 Å². The van der Waals surface area contributed by atoms with Crippen LogP contribution in [0.3, 0.4) is 0 Å². The number of nitrogens with zero attached hydrogens (tertiary/aromatic N) is 2. The summed E-state index contributed by atoms with van der Waals surface area (Å²) in [5.74, 6) is 0. The van der Waals surface area contributed by atoms with Crippen LogP contribution < -0.4 is 5.73 Å². The zero-order valence-electron chi connectivity index (χ0n) is 10.4.